The lowest BCUT2D eigenvalue weighted by Gasteiger charge is -2.17. The van der Waals surface area contributed by atoms with Gasteiger partial charge in [-0.05, 0) is 30.7 Å². The Morgan fingerprint density at radius 1 is 1.19 bits per heavy atom. The van der Waals surface area contributed by atoms with E-state index in [1.807, 2.05) is 24.3 Å². The lowest BCUT2D eigenvalue weighted by Crippen LogP contribution is -2.35. The van der Waals surface area contributed by atoms with Crippen molar-refractivity contribution in [3.63, 3.8) is 0 Å². The molecule has 0 bridgehead atoms. The van der Waals surface area contributed by atoms with Gasteiger partial charge < -0.3 is 9.67 Å². The maximum absolute atomic E-state index is 14.7. The van der Waals surface area contributed by atoms with E-state index in [1.165, 1.54) is 19.1 Å². The van der Waals surface area contributed by atoms with Crippen molar-refractivity contribution >= 4 is 22.6 Å². The van der Waals surface area contributed by atoms with Gasteiger partial charge in [-0.15, -0.1) is 0 Å². The van der Waals surface area contributed by atoms with E-state index in [-0.39, 0.29) is 17.8 Å². The first kappa shape index (κ1) is 16.7. The van der Waals surface area contributed by atoms with Crippen LogP contribution in [0.5, 0.6) is 0 Å². The van der Waals surface area contributed by atoms with Crippen molar-refractivity contribution < 1.29 is 18.7 Å². The molecule has 0 unspecified atom stereocenters. The average molecular weight is 357 g/mol. The zero-order chi connectivity index (χ0) is 18.6. The first-order valence-electron chi connectivity index (χ1n) is 8.24. The standard InChI is InChI=1S/C19H17F2N3O2/c1-11(25)12-6-5-9-15-17(12)19(20,21)18(26)24(15)10-16-22-13-7-3-4-8-14(13)23(16)2/h3-9,11,25H,10H2,1-2H3/t11-/m0/s1. The smallest absolute Gasteiger partial charge is 0.352 e. The van der Waals surface area contributed by atoms with Crippen LogP contribution in [0.2, 0.25) is 0 Å². The zero-order valence-corrected chi connectivity index (χ0v) is 14.3. The quantitative estimate of drug-likeness (QED) is 0.783. The van der Waals surface area contributed by atoms with Crippen molar-refractivity contribution in [2.24, 2.45) is 7.05 Å². The number of aliphatic hydroxyl groups excluding tert-OH is 1. The molecule has 26 heavy (non-hydrogen) atoms. The van der Waals surface area contributed by atoms with Gasteiger partial charge in [-0.1, -0.05) is 24.3 Å². The highest BCUT2D eigenvalue weighted by Crippen LogP contribution is 2.47. The fraction of sp³-hybridized carbons (Fsp3) is 0.263. The monoisotopic (exact) mass is 357 g/mol. The third-order valence-electron chi connectivity index (χ3n) is 4.82. The number of amides is 1. The number of aryl methyl sites for hydroxylation is 1. The van der Waals surface area contributed by atoms with Crippen molar-refractivity contribution in [3.05, 3.63) is 59.4 Å². The number of para-hydroxylation sites is 2. The largest absolute Gasteiger partial charge is 0.389 e. The van der Waals surface area contributed by atoms with E-state index in [1.54, 1.807) is 17.7 Å². The summed E-state index contributed by atoms with van der Waals surface area (Å²) in [6, 6.07) is 11.9. The number of halogens is 2. The molecule has 1 aliphatic rings. The molecular weight excluding hydrogens is 340 g/mol. The predicted octanol–water partition coefficient (Wildman–Crippen LogP) is 3.27. The van der Waals surface area contributed by atoms with Gasteiger partial charge in [-0.25, -0.2) is 4.98 Å². The number of hydrogen-bond donors (Lipinski definition) is 1. The van der Waals surface area contributed by atoms with E-state index in [2.05, 4.69) is 4.98 Å². The fourth-order valence-electron chi connectivity index (χ4n) is 3.49. The maximum Gasteiger partial charge on any atom is 0.352 e. The van der Waals surface area contributed by atoms with Crippen molar-refractivity contribution in [2.75, 3.05) is 4.90 Å². The number of benzene rings is 2. The summed E-state index contributed by atoms with van der Waals surface area (Å²) in [4.78, 5) is 18.0. The summed E-state index contributed by atoms with van der Waals surface area (Å²) in [7, 11) is 1.79. The molecule has 1 atom stereocenters. The van der Waals surface area contributed by atoms with Crippen LogP contribution in [0.25, 0.3) is 11.0 Å². The number of rotatable bonds is 3. The summed E-state index contributed by atoms with van der Waals surface area (Å²) in [5.74, 6) is -4.47. The van der Waals surface area contributed by atoms with Gasteiger partial charge in [0, 0.05) is 7.05 Å². The summed E-state index contributed by atoms with van der Waals surface area (Å²) in [5.41, 5.74) is 1.36. The molecule has 0 fully saturated rings. The van der Waals surface area contributed by atoms with Gasteiger partial charge >= 0.3 is 11.8 Å². The Kier molecular flexibility index (Phi) is 3.59. The van der Waals surface area contributed by atoms with Gasteiger partial charge in [-0.2, -0.15) is 8.78 Å². The van der Waals surface area contributed by atoms with E-state index in [9.17, 15) is 18.7 Å². The predicted molar refractivity (Wildman–Crippen MR) is 92.9 cm³/mol. The third-order valence-corrected chi connectivity index (χ3v) is 4.82. The molecule has 1 amide bonds. The number of imidazole rings is 1. The van der Waals surface area contributed by atoms with Crippen molar-refractivity contribution in [2.45, 2.75) is 25.5 Å². The number of aromatic nitrogens is 2. The lowest BCUT2D eigenvalue weighted by molar-refractivity contribution is -0.141. The lowest BCUT2D eigenvalue weighted by atomic mass is 9.99. The van der Waals surface area contributed by atoms with Crippen LogP contribution in [0, 0.1) is 0 Å². The number of nitrogens with zero attached hydrogens (tertiary/aromatic N) is 3. The maximum atomic E-state index is 14.7. The van der Waals surface area contributed by atoms with Gasteiger partial charge in [0.15, 0.2) is 0 Å². The van der Waals surface area contributed by atoms with Gasteiger partial charge in [-0.3, -0.25) is 9.69 Å². The van der Waals surface area contributed by atoms with Gasteiger partial charge in [0.05, 0.1) is 34.9 Å². The molecule has 1 aromatic heterocycles. The normalized spacial score (nSPS) is 17.0. The average Bonchev–Trinajstić information content (AvgIpc) is 3.03. The van der Waals surface area contributed by atoms with Crippen molar-refractivity contribution in [1.82, 2.24) is 9.55 Å². The Bertz CT molecular complexity index is 1030. The molecular formula is C19H17F2N3O2. The van der Waals surface area contributed by atoms with Crippen LogP contribution in [0.3, 0.4) is 0 Å². The number of aliphatic hydroxyl groups is 1. The SMILES string of the molecule is C[C@H](O)c1cccc2c1C(F)(F)C(=O)N2Cc1nc2ccccc2n1C. The first-order chi connectivity index (χ1) is 12.3. The Labute approximate surface area is 148 Å². The van der Waals surface area contributed by atoms with E-state index in [0.717, 1.165) is 15.9 Å². The van der Waals surface area contributed by atoms with Crippen LogP contribution in [-0.4, -0.2) is 20.6 Å². The summed E-state index contributed by atoms with van der Waals surface area (Å²) < 4.78 is 31.1. The van der Waals surface area contributed by atoms with Crippen LogP contribution >= 0.6 is 0 Å². The van der Waals surface area contributed by atoms with Crippen LogP contribution < -0.4 is 4.90 Å². The second kappa shape index (κ2) is 5.60. The number of anilines is 1. The highest BCUT2D eigenvalue weighted by Gasteiger charge is 2.54. The first-order valence-corrected chi connectivity index (χ1v) is 8.24. The van der Waals surface area contributed by atoms with Crippen LogP contribution in [0.15, 0.2) is 42.5 Å². The molecule has 0 saturated heterocycles. The summed E-state index contributed by atoms with van der Waals surface area (Å²) in [5, 5.41) is 9.84. The zero-order valence-electron chi connectivity index (χ0n) is 14.3. The Hall–Kier alpha value is -2.80. The van der Waals surface area contributed by atoms with Crippen LogP contribution in [0.4, 0.5) is 14.5 Å². The molecule has 7 heteroatoms. The molecule has 4 rings (SSSR count). The highest BCUT2D eigenvalue weighted by atomic mass is 19.3. The minimum atomic E-state index is -3.67. The van der Waals surface area contributed by atoms with Crippen molar-refractivity contribution in [1.29, 1.82) is 0 Å². The highest BCUT2D eigenvalue weighted by molar-refractivity contribution is 6.06. The van der Waals surface area contributed by atoms with Crippen LogP contribution in [-0.2, 0) is 24.3 Å². The van der Waals surface area contributed by atoms with Crippen molar-refractivity contribution in [3.8, 4) is 0 Å². The Balaban J connectivity index is 1.82. The van der Waals surface area contributed by atoms with Crippen LogP contribution in [0.1, 0.15) is 30.0 Å². The van der Waals surface area contributed by atoms with Gasteiger partial charge in [0.1, 0.15) is 5.82 Å². The number of carbonyl (C=O) groups excluding carboxylic acids is 1. The molecule has 2 heterocycles. The van der Waals surface area contributed by atoms with Gasteiger partial charge in [0.2, 0.25) is 0 Å². The van der Waals surface area contributed by atoms with E-state index in [4.69, 9.17) is 0 Å². The third kappa shape index (κ3) is 2.24. The molecule has 2 aromatic carbocycles. The minimum Gasteiger partial charge on any atom is -0.389 e. The number of hydrogen-bond acceptors (Lipinski definition) is 3. The van der Waals surface area contributed by atoms with E-state index >= 15 is 0 Å². The Morgan fingerprint density at radius 3 is 2.62 bits per heavy atom. The number of carbonyl (C=O) groups is 1. The second-order valence-electron chi connectivity index (χ2n) is 6.46. The molecule has 0 saturated carbocycles. The molecule has 134 valence electrons. The van der Waals surface area contributed by atoms with Gasteiger partial charge in [0.25, 0.3) is 0 Å². The van der Waals surface area contributed by atoms with E-state index in [0.29, 0.717) is 5.82 Å². The number of alkyl halides is 2. The molecule has 5 nitrogen and oxygen atoms in total. The van der Waals surface area contributed by atoms with E-state index < -0.39 is 23.5 Å². The number of fused-ring (bicyclic) bond motifs is 2. The molecule has 0 radical (unpaired) electrons. The molecule has 1 aliphatic heterocycles. The molecule has 3 aromatic rings. The molecule has 0 spiro atoms. The molecule has 0 aliphatic carbocycles. The topological polar surface area (TPSA) is 58.4 Å². The second-order valence-corrected chi connectivity index (χ2v) is 6.46. The molecule has 1 N–H and O–H groups in total. The summed E-state index contributed by atoms with van der Waals surface area (Å²) in [6.07, 6.45) is -1.10. The summed E-state index contributed by atoms with van der Waals surface area (Å²) >= 11 is 0. The fourth-order valence-corrected chi connectivity index (χ4v) is 3.49. The minimum absolute atomic E-state index is 0.0633. The summed E-state index contributed by atoms with van der Waals surface area (Å²) in [6.45, 7) is 1.33. The Morgan fingerprint density at radius 2 is 1.92 bits per heavy atom.